The fourth-order valence-corrected chi connectivity index (χ4v) is 2.44. The molecule has 0 aromatic heterocycles. The minimum Gasteiger partial charge on any atom is -0.353 e. The Bertz CT molecular complexity index is 586. The average molecular weight is 311 g/mol. The SMILES string of the molecule is CN(CCNC(=O)C(N)Cc1ccccc1)Cc1ccccc1. The van der Waals surface area contributed by atoms with Gasteiger partial charge in [-0.1, -0.05) is 60.7 Å². The number of hydrogen-bond acceptors (Lipinski definition) is 3. The third kappa shape index (κ3) is 6.22. The lowest BCUT2D eigenvalue weighted by molar-refractivity contribution is -0.122. The van der Waals surface area contributed by atoms with Crippen LogP contribution in [0.15, 0.2) is 60.7 Å². The molecule has 122 valence electrons. The number of carbonyl (C=O) groups is 1. The van der Waals surface area contributed by atoms with E-state index in [2.05, 4.69) is 22.3 Å². The lowest BCUT2D eigenvalue weighted by Gasteiger charge is -2.18. The Morgan fingerprint density at radius 1 is 1.04 bits per heavy atom. The molecule has 0 aliphatic carbocycles. The van der Waals surface area contributed by atoms with Crippen molar-refractivity contribution in [1.82, 2.24) is 10.2 Å². The second kappa shape index (κ2) is 9.08. The maximum absolute atomic E-state index is 12.0. The van der Waals surface area contributed by atoms with E-state index >= 15 is 0 Å². The summed E-state index contributed by atoms with van der Waals surface area (Å²) in [6, 6.07) is 19.6. The quantitative estimate of drug-likeness (QED) is 0.781. The topological polar surface area (TPSA) is 58.4 Å². The van der Waals surface area contributed by atoms with Gasteiger partial charge in [0, 0.05) is 19.6 Å². The number of nitrogens with two attached hydrogens (primary N) is 1. The fraction of sp³-hybridized carbons (Fsp3) is 0.316. The smallest absolute Gasteiger partial charge is 0.237 e. The van der Waals surface area contributed by atoms with Crippen molar-refractivity contribution in [1.29, 1.82) is 0 Å². The highest BCUT2D eigenvalue weighted by Crippen LogP contribution is 2.03. The van der Waals surface area contributed by atoms with Gasteiger partial charge in [-0.25, -0.2) is 0 Å². The third-order valence-electron chi connectivity index (χ3n) is 3.72. The summed E-state index contributed by atoms with van der Waals surface area (Å²) in [7, 11) is 2.04. The van der Waals surface area contributed by atoms with Crippen molar-refractivity contribution in [3.05, 3.63) is 71.8 Å². The summed E-state index contributed by atoms with van der Waals surface area (Å²) < 4.78 is 0. The summed E-state index contributed by atoms with van der Waals surface area (Å²) in [5.74, 6) is -0.0954. The van der Waals surface area contributed by atoms with E-state index in [0.717, 1.165) is 18.7 Å². The molecule has 1 unspecified atom stereocenters. The molecule has 2 rings (SSSR count). The van der Waals surface area contributed by atoms with Crippen molar-refractivity contribution in [3.8, 4) is 0 Å². The Morgan fingerprint density at radius 3 is 2.22 bits per heavy atom. The highest BCUT2D eigenvalue weighted by atomic mass is 16.2. The molecule has 2 aromatic rings. The number of likely N-dealkylation sites (N-methyl/N-ethyl adjacent to an activating group) is 1. The van der Waals surface area contributed by atoms with E-state index in [1.54, 1.807) is 0 Å². The van der Waals surface area contributed by atoms with Gasteiger partial charge in [-0.05, 0) is 24.6 Å². The largest absolute Gasteiger partial charge is 0.353 e. The first-order chi connectivity index (χ1) is 11.1. The third-order valence-corrected chi connectivity index (χ3v) is 3.72. The van der Waals surface area contributed by atoms with Crippen LogP contribution in [0, 0.1) is 0 Å². The Hall–Kier alpha value is -2.17. The van der Waals surface area contributed by atoms with Crippen LogP contribution in [0.2, 0.25) is 0 Å². The molecule has 3 N–H and O–H groups in total. The van der Waals surface area contributed by atoms with Crippen LogP contribution in [0.25, 0.3) is 0 Å². The lowest BCUT2D eigenvalue weighted by atomic mass is 10.1. The molecular formula is C19H25N3O. The first-order valence-electron chi connectivity index (χ1n) is 7.95. The number of nitrogens with one attached hydrogen (secondary N) is 1. The maximum Gasteiger partial charge on any atom is 0.237 e. The molecule has 0 fully saturated rings. The summed E-state index contributed by atoms with van der Waals surface area (Å²) in [5.41, 5.74) is 8.31. The lowest BCUT2D eigenvalue weighted by Crippen LogP contribution is -2.44. The van der Waals surface area contributed by atoms with Crippen molar-refractivity contribution >= 4 is 5.91 Å². The molecule has 4 heteroatoms. The second-order valence-corrected chi connectivity index (χ2v) is 5.81. The summed E-state index contributed by atoms with van der Waals surface area (Å²) in [4.78, 5) is 14.2. The van der Waals surface area contributed by atoms with Gasteiger partial charge >= 0.3 is 0 Å². The fourth-order valence-electron chi connectivity index (χ4n) is 2.44. The Balaban J connectivity index is 1.67. The van der Waals surface area contributed by atoms with Gasteiger partial charge in [0.25, 0.3) is 0 Å². The van der Waals surface area contributed by atoms with Gasteiger partial charge in [-0.2, -0.15) is 0 Å². The number of benzene rings is 2. The van der Waals surface area contributed by atoms with Crippen molar-refractivity contribution < 1.29 is 4.79 Å². The zero-order valence-electron chi connectivity index (χ0n) is 13.6. The first kappa shape index (κ1) is 17.2. The van der Waals surface area contributed by atoms with E-state index < -0.39 is 6.04 Å². The van der Waals surface area contributed by atoms with Gasteiger partial charge < -0.3 is 16.0 Å². The number of nitrogens with zero attached hydrogens (tertiary/aromatic N) is 1. The van der Waals surface area contributed by atoms with Gasteiger partial charge in [0.15, 0.2) is 0 Å². The van der Waals surface area contributed by atoms with E-state index in [-0.39, 0.29) is 5.91 Å². The predicted octanol–water partition coefficient (Wildman–Crippen LogP) is 1.80. The molecule has 4 nitrogen and oxygen atoms in total. The summed E-state index contributed by atoms with van der Waals surface area (Å²) in [6.45, 7) is 2.26. The number of amides is 1. The van der Waals surface area contributed by atoms with Crippen molar-refractivity contribution in [2.75, 3.05) is 20.1 Å². The molecular weight excluding hydrogens is 286 g/mol. The molecule has 0 aliphatic rings. The van der Waals surface area contributed by atoms with Crippen LogP contribution in [-0.2, 0) is 17.8 Å². The molecule has 0 saturated heterocycles. The van der Waals surface area contributed by atoms with Gasteiger partial charge in [0.1, 0.15) is 0 Å². The van der Waals surface area contributed by atoms with Crippen LogP contribution < -0.4 is 11.1 Å². The molecule has 0 saturated carbocycles. The van der Waals surface area contributed by atoms with E-state index in [1.807, 2.05) is 55.6 Å². The zero-order valence-corrected chi connectivity index (χ0v) is 13.6. The average Bonchev–Trinajstić information content (AvgIpc) is 2.56. The van der Waals surface area contributed by atoms with Crippen molar-refractivity contribution in [2.24, 2.45) is 5.73 Å². The molecule has 0 bridgehead atoms. The molecule has 1 amide bonds. The highest BCUT2D eigenvalue weighted by molar-refractivity contribution is 5.81. The minimum atomic E-state index is -0.503. The normalized spacial score (nSPS) is 12.1. The summed E-state index contributed by atoms with van der Waals surface area (Å²) >= 11 is 0. The second-order valence-electron chi connectivity index (χ2n) is 5.81. The zero-order chi connectivity index (χ0) is 16.5. The molecule has 0 heterocycles. The molecule has 23 heavy (non-hydrogen) atoms. The summed E-state index contributed by atoms with van der Waals surface area (Å²) in [6.07, 6.45) is 0.562. The monoisotopic (exact) mass is 311 g/mol. The maximum atomic E-state index is 12.0. The van der Waals surface area contributed by atoms with Gasteiger partial charge in [0.2, 0.25) is 5.91 Å². The predicted molar refractivity (Wildman–Crippen MR) is 93.9 cm³/mol. The van der Waals surface area contributed by atoms with Crippen LogP contribution in [0.1, 0.15) is 11.1 Å². The van der Waals surface area contributed by atoms with Crippen LogP contribution in [-0.4, -0.2) is 37.0 Å². The number of rotatable bonds is 8. The van der Waals surface area contributed by atoms with Crippen molar-refractivity contribution in [3.63, 3.8) is 0 Å². The van der Waals surface area contributed by atoms with Crippen LogP contribution in [0.3, 0.4) is 0 Å². The molecule has 0 aliphatic heterocycles. The van der Waals surface area contributed by atoms with Gasteiger partial charge in [0.05, 0.1) is 6.04 Å². The molecule has 0 radical (unpaired) electrons. The first-order valence-corrected chi connectivity index (χ1v) is 7.95. The minimum absolute atomic E-state index is 0.0954. The molecule has 0 spiro atoms. The highest BCUT2D eigenvalue weighted by Gasteiger charge is 2.13. The van der Waals surface area contributed by atoms with Crippen molar-refractivity contribution in [2.45, 2.75) is 19.0 Å². The van der Waals surface area contributed by atoms with Crippen LogP contribution >= 0.6 is 0 Å². The van der Waals surface area contributed by atoms with Gasteiger partial charge in [-0.15, -0.1) is 0 Å². The van der Waals surface area contributed by atoms with Crippen LogP contribution in [0.4, 0.5) is 0 Å². The molecule has 1 atom stereocenters. The van der Waals surface area contributed by atoms with Gasteiger partial charge in [-0.3, -0.25) is 4.79 Å². The Labute approximate surface area is 138 Å². The standard InChI is InChI=1S/C19H25N3O/c1-22(15-17-10-6-3-7-11-17)13-12-21-19(23)18(20)14-16-8-4-2-5-9-16/h2-11,18H,12-15,20H2,1H3,(H,21,23). The number of hydrogen-bond donors (Lipinski definition) is 2. The van der Waals surface area contributed by atoms with E-state index in [9.17, 15) is 4.79 Å². The molecule has 2 aromatic carbocycles. The number of carbonyl (C=O) groups excluding carboxylic acids is 1. The van der Waals surface area contributed by atoms with E-state index in [0.29, 0.717) is 13.0 Å². The van der Waals surface area contributed by atoms with E-state index in [4.69, 9.17) is 5.73 Å². The Morgan fingerprint density at radius 2 is 1.61 bits per heavy atom. The van der Waals surface area contributed by atoms with E-state index in [1.165, 1.54) is 5.56 Å². The van der Waals surface area contributed by atoms with Crippen LogP contribution in [0.5, 0.6) is 0 Å². The summed E-state index contributed by atoms with van der Waals surface area (Å²) in [5, 5.41) is 2.91. The Kier molecular flexibility index (Phi) is 6.78.